The molecule has 78 valence electrons. The van der Waals surface area contributed by atoms with Crippen molar-refractivity contribution in [1.82, 2.24) is 0 Å². The number of hydrogen-bond donors (Lipinski definition) is 2. The minimum Gasteiger partial charge on any atom is -0.508 e. The molecule has 4 heteroatoms. The number of rotatable bonds is 4. The quantitative estimate of drug-likeness (QED) is 0.786. The second-order valence-electron chi connectivity index (χ2n) is 3.15. The first-order chi connectivity index (χ1) is 6.49. The molecule has 0 saturated heterocycles. The number of phenolic OH excluding ortho intramolecular Hbond substituents is 1. The summed E-state index contributed by atoms with van der Waals surface area (Å²) in [5.41, 5.74) is 0.622. The summed E-state index contributed by atoms with van der Waals surface area (Å²) in [7, 11) is 0. The van der Waals surface area contributed by atoms with Crippen LogP contribution in [0.3, 0.4) is 0 Å². The van der Waals surface area contributed by atoms with E-state index in [2.05, 4.69) is 0 Å². The molecule has 0 bridgehead atoms. The lowest BCUT2D eigenvalue weighted by Crippen LogP contribution is -2.13. The second-order valence-corrected chi connectivity index (χ2v) is 3.15. The Morgan fingerprint density at radius 1 is 1.21 bits per heavy atom. The molecule has 14 heavy (non-hydrogen) atoms. The van der Waals surface area contributed by atoms with Crippen LogP contribution < -0.4 is 0 Å². The number of alkyl halides is 2. The third-order valence-electron chi connectivity index (χ3n) is 1.92. The van der Waals surface area contributed by atoms with Crippen LogP contribution in [0.15, 0.2) is 24.3 Å². The van der Waals surface area contributed by atoms with Crippen molar-refractivity contribution >= 4 is 0 Å². The van der Waals surface area contributed by atoms with Gasteiger partial charge in [0.15, 0.2) is 0 Å². The van der Waals surface area contributed by atoms with Crippen molar-refractivity contribution in [1.29, 1.82) is 0 Å². The van der Waals surface area contributed by atoms with E-state index in [1.807, 2.05) is 0 Å². The maximum atomic E-state index is 12.0. The van der Waals surface area contributed by atoms with Gasteiger partial charge in [-0.15, -0.1) is 0 Å². The predicted molar refractivity (Wildman–Crippen MR) is 48.2 cm³/mol. The van der Waals surface area contributed by atoms with E-state index in [0.717, 1.165) is 0 Å². The van der Waals surface area contributed by atoms with Crippen molar-refractivity contribution in [2.24, 2.45) is 0 Å². The molecule has 0 radical (unpaired) electrons. The second kappa shape index (κ2) is 4.37. The van der Waals surface area contributed by atoms with Gasteiger partial charge >= 0.3 is 6.11 Å². The Kier molecular flexibility index (Phi) is 3.41. The largest absolute Gasteiger partial charge is 0.508 e. The van der Waals surface area contributed by atoms with Crippen LogP contribution in [0.5, 0.6) is 5.75 Å². The molecule has 2 N–H and O–H groups in total. The molecule has 0 saturated carbocycles. The van der Waals surface area contributed by atoms with E-state index in [9.17, 15) is 13.9 Å². The average Bonchev–Trinajstić information content (AvgIpc) is 2.06. The van der Waals surface area contributed by atoms with Gasteiger partial charge in [0.25, 0.3) is 0 Å². The molecule has 0 unspecified atom stereocenters. The number of phenols is 1. The highest BCUT2D eigenvalue weighted by Gasteiger charge is 2.23. The van der Waals surface area contributed by atoms with Gasteiger partial charge in [0.1, 0.15) is 5.75 Å². The van der Waals surface area contributed by atoms with Gasteiger partial charge in [-0.05, 0) is 24.5 Å². The van der Waals surface area contributed by atoms with Crippen LogP contribution >= 0.6 is 0 Å². The maximum Gasteiger partial charge on any atom is 0.353 e. The molecule has 0 heterocycles. The lowest BCUT2D eigenvalue weighted by atomic mass is 10.1. The number of hydrogen-bond acceptors (Lipinski definition) is 2. The van der Waals surface area contributed by atoms with Crippen molar-refractivity contribution in [3.63, 3.8) is 0 Å². The predicted octanol–water partition coefficient (Wildman–Crippen LogP) is 2.30. The molecule has 2 nitrogen and oxygen atoms in total. The summed E-state index contributed by atoms with van der Waals surface area (Å²) in [6.07, 6.45) is -3.71. The highest BCUT2D eigenvalue weighted by atomic mass is 19.3. The fourth-order valence-corrected chi connectivity index (χ4v) is 1.21. The maximum absolute atomic E-state index is 12.0. The first-order valence-corrected chi connectivity index (χ1v) is 4.36. The summed E-state index contributed by atoms with van der Waals surface area (Å²) in [6.45, 7) is 0. The van der Waals surface area contributed by atoms with E-state index in [1.165, 1.54) is 6.07 Å². The van der Waals surface area contributed by atoms with E-state index in [0.29, 0.717) is 12.0 Å². The molecule has 0 aliphatic carbocycles. The van der Waals surface area contributed by atoms with E-state index in [-0.39, 0.29) is 12.2 Å². The third-order valence-corrected chi connectivity index (χ3v) is 1.92. The Balaban J connectivity index is 2.43. The van der Waals surface area contributed by atoms with Crippen LogP contribution in [-0.2, 0) is 6.42 Å². The summed E-state index contributed by atoms with van der Waals surface area (Å²) in [4.78, 5) is 0. The molecule has 0 aromatic heterocycles. The molecule has 0 aliphatic heterocycles. The first-order valence-electron chi connectivity index (χ1n) is 4.36. The molecule has 1 aromatic carbocycles. The number of aliphatic hydroxyl groups is 1. The van der Waals surface area contributed by atoms with Crippen LogP contribution in [-0.4, -0.2) is 16.3 Å². The normalized spacial score (nSPS) is 11.6. The van der Waals surface area contributed by atoms with E-state index in [4.69, 9.17) is 5.11 Å². The molecule has 0 amide bonds. The van der Waals surface area contributed by atoms with Gasteiger partial charge in [-0.2, -0.15) is 8.78 Å². The van der Waals surface area contributed by atoms with Gasteiger partial charge in [0.05, 0.1) is 0 Å². The fraction of sp³-hybridized carbons (Fsp3) is 0.400. The third kappa shape index (κ3) is 3.70. The van der Waals surface area contributed by atoms with Crippen molar-refractivity contribution in [3.8, 4) is 5.75 Å². The first kappa shape index (κ1) is 10.9. The van der Waals surface area contributed by atoms with E-state index in [1.54, 1.807) is 18.2 Å². The van der Waals surface area contributed by atoms with Gasteiger partial charge in [-0.3, -0.25) is 0 Å². The summed E-state index contributed by atoms with van der Waals surface area (Å²) in [6, 6.07) is 6.57. The van der Waals surface area contributed by atoms with E-state index < -0.39 is 12.5 Å². The molecular weight excluding hydrogens is 190 g/mol. The summed E-state index contributed by atoms with van der Waals surface area (Å²) >= 11 is 0. The Morgan fingerprint density at radius 2 is 1.86 bits per heavy atom. The van der Waals surface area contributed by atoms with Crippen molar-refractivity contribution in [2.75, 3.05) is 0 Å². The highest BCUT2D eigenvalue weighted by Crippen LogP contribution is 2.21. The van der Waals surface area contributed by atoms with Crippen LogP contribution in [0, 0.1) is 0 Å². The molecular formula is C10H12F2O2. The Bertz CT molecular complexity index is 294. The average molecular weight is 202 g/mol. The van der Waals surface area contributed by atoms with Gasteiger partial charge in [-0.1, -0.05) is 18.2 Å². The summed E-state index contributed by atoms with van der Waals surface area (Å²) in [5.74, 6) is 0.105. The number of benzene rings is 1. The minimum absolute atomic E-state index is 0.105. The lowest BCUT2D eigenvalue weighted by molar-refractivity contribution is -0.203. The fourth-order valence-electron chi connectivity index (χ4n) is 1.21. The summed E-state index contributed by atoms with van der Waals surface area (Å²) in [5, 5.41) is 17.5. The van der Waals surface area contributed by atoms with Crippen LogP contribution in [0.2, 0.25) is 0 Å². The van der Waals surface area contributed by atoms with Crippen molar-refractivity contribution in [3.05, 3.63) is 29.8 Å². The number of aromatic hydroxyl groups is 1. The molecule has 1 aromatic rings. The lowest BCUT2D eigenvalue weighted by Gasteiger charge is -2.08. The van der Waals surface area contributed by atoms with Gasteiger partial charge in [0.2, 0.25) is 0 Å². The Labute approximate surface area is 80.8 Å². The van der Waals surface area contributed by atoms with Gasteiger partial charge in [-0.25, -0.2) is 0 Å². The number of aryl methyl sites for hydroxylation is 1. The Morgan fingerprint density at radius 3 is 2.43 bits per heavy atom. The van der Waals surface area contributed by atoms with Crippen LogP contribution in [0.1, 0.15) is 18.4 Å². The van der Waals surface area contributed by atoms with Crippen molar-refractivity contribution in [2.45, 2.75) is 25.4 Å². The highest BCUT2D eigenvalue weighted by molar-refractivity contribution is 5.31. The number of halogens is 2. The van der Waals surface area contributed by atoms with Crippen molar-refractivity contribution < 1.29 is 19.0 Å². The molecule has 0 atom stereocenters. The zero-order valence-corrected chi connectivity index (χ0v) is 7.58. The van der Waals surface area contributed by atoms with E-state index >= 15 is 0 Å². The van der Waals surface area contributed by atoms with Gasteiger partial charge < -0.3 is 10.2 Å². The Hall–Kier alpha value is -1.16. The van der Waals surface area contributed by atoms with Crippen LogP contribution in [0.25, 0.3) is 0 Å². The molecule has 1 rings (SSSR count). The monoisotopic (exact) mass is 202 g/mol. The smallest absolute Gasteiger partial charge is 0.353 e. The zero-order chi connectivity index (χ0) is 10.6. The van der Waals surface area contributed by atoms with Gasteiger partial charge in [0, 0.05) is 6.42 Å². The van der Waals surface area contributed by atoms with Crippen LogP contribution in [0.4, 0.5) is 8.78 Å². The SMILES string of the molecule is Oc1ccccc1CCCC(O)(F)F. The molecule has 0 aliphatic rings. The standard InChI is InChI=1S/C10H12F2O2/c11-10(12,14)7-3-5-8-4-1-2-6-9(8)13/h1-2,4,6,13-14H,3,5,7H2. The molecule has 0 spiro atoms. The number of para-hydroxylation sites is 1. The minimum atomic E-state index is -3.61. The zero-order valence-electron chi connectivity index (χ0n) is 7.58. The summed E-state index contributed by atoms with van der Waals surface area (Å²) < 4.78 is 24.0. The molecule has 0 fully saturated rings. The topological polar surface area (TPSA) is 40.5 Å².